The molecule has 0 bridgehead atoms. The maximum atomic E-state index is 14.6. The number of pyridine rings is 1. The van der Waals surface area contributed by atoms with Gasteiger partial charge in [-0.05, 0) is 36.8 Å². The molecular formula is C19H18ClFN4O2. The number of fused-ring (bicyclic) bond motifs is 1. The average molecular weight is 389 g/mol. The fourth-order valence-corrected chi connectivity index (χ4v) is 3.46. The number of aromatic nitrogens is 3. The van der Waals surface area contributed by atoms with E-state index in [1.807, 2.05) is 11.8 Å². The van der Waals surface area contributed by atoms with E-state index in [-0.39, 0.29) is 17.2 Å². The first-order chi connectivity index (χ1) is 12.9. The minimum atomic E-state index is -0.461. The summed E-state index contributed by atoms with van der Waals surface area (Å²) in [5.41, 5.74) is 0.845. The molecule has 6 nitrogen and oxygen atoms in total. The van der Waals surface area contributed by atoms with E-state index in [1.165, 1.54) is 10.7 Å². The Balaban J connectivity index is 1.98. The Kier molecular flexibility index (Phi) is 4.57. The number of morpholine rings is 1. The summed E-state index contributed by atoms with van der Waals surface area (Å²) in [7, 11) is 1.56. The lowest BCUT2D eigenvalue weighted by Crippen LogP contribution is -2.41. The van der Waals surface area contributed by atoms with Crippen molar-refractivity contribution >= 4 is 28.3 Å². The summed E-state index contributed by atoms with van der Waals surface area (Å²) in [5, 5.41) is 4.89. The molecule has 3 heterocycles. The molecule has 0 saturated carbocycles. The third-order valence-electron chi connectivity index (χ3n) is 4.69. The Hall–Kier alpha value is -2.51. The summed E-state index contributed by atoms with van der Waals surface area (Å²) >= 11 is 5.90. The molecule has 8 heteroatoms. The van der Waals surface area contributed by atoms with Crippen molar-refractivity contribution in [1.82, 2.24) is 14.8 Å². The minimum Gasteiger partial charge on any atom is -0.375 e. The normalized spacial score (nSPS) is 17.5. The number of aryl methyl sites for hydroxylation is 1. The predicted octanol–water partition coefficient (Wildman–Crippen LogP) is 3.01. The van der Waals surface area contributed by atoms with Crippen LogP contribution in [0.25, 0.3) is 22.0 Å². The molecule has 1 saturated heterocycles. The summed E-state index contributed by atoms with van der Waals surface area (Å²) in [6.45, 7) is 3.85. The minimum absolute atomic E-state index is 0.0484. The molecule has 4 rings (SSSR count). The van der Waals surface area contributed by atoms with Gasteiger partial charge in [-0.3, -0.25) is 4.79 Å². The van der Waals surface area contributed by atoms with Crippen molar-refractivity contribution in [2.75, 3.05) is 24.6 Å². The van der Waals surface area contributed by atoms with Crippen LogP contribution in [-0.4, -0.2) is 40.6 Å². The van der Waals surface area contributed by atoms with E-state index in [0.717, 1.165) is 0 Å². The third kappa shape index (κ3) is 3.28. The van der Waals surface area contributed by atoms with Crippen LogP contribution in [0, 0.1) is 5.82 Å². The first-order valence-electron chi connectivity index (χ1n) is 8.63. The van der Waals surface area contributed by atoms with Crippen LogP contribution in [0.4, 0.5) is 10.2 Å². The van der Waals surface area contributed by atoms with Crippen LogP contribution >= 0.6 is 11.6 Å². The van der Waals surface area contributed by atoms with E-state index in [1.54, 1.807) is 31.4 Å². The first-order valence-corrected chi connectivity index (χ1v) is 9.01. The molecule has 1 aliphatic rings. The highest BCUT2D eigenvalue weighted by Crippen LogP contribution is 2.33. The van der Waals surface area contributed by atoms with Crippen molar-refractivity contribution in [2.24, 2.45) is 7.05 Å². The smallest absolute Gasteiger partial charge is 0.293 e. The zero-order valence-electron chi connectivity index (χ0n) is 14.9. The quantitative estimate of drug-likeness (QED) is 0.675. The highest BCUT2D eigenvalue weighted by atomic mass is 35.5. The Morgan fingerprint density at radius 3 is 2.85 bits per heavy atom. The van der Waals surface area contributed by atoms with E-state index < -0.39 is 5.82 Å². The van der Waals surface area contributed by atoms with E-state index in [4.69, 9.17) is 16.3 Å². The van der Waals surface area contributed by atoms with Crippen LogP contribution < -0.4 is 10.5 Å². The van der Waals surface area contributed by atoms with Gasteiger partial charge in [-0.2, -0.15) is 5.10 Å². The van der Waals surface area contributed by atoms with Crippen LogP contribution in [0.2, 0.25) is 5.02 Å². The lowest BCUT2D eigenvalue weighted by Gasteiger charge is -2.32. The van der Waals surface area contributed by atoms with E-state index >= 15 is 0 Å². The van der Waals surface area contributed by atoms with Crippen LogP contribution in [0.5, 0.6) is 0 Å². The van der Waals surface area contributed by atoms with Crippen molar-refractivity contribution in [3.05, 3.63) is 51.7 Å². The van der Waals surface area contributed by atoms with Crippen molar-refractivity contribution in [3.8, 4) is 11.1 Å². The summed E-state index contributed by atoms with van der Waals surface area (Å²) in [4.78, 5) is 19.3. The van der Waals surface area contributed by atoms with Crippen LogP contribution in [0.3, 0.4) is 0 Å². The first kappa shape index (κ1) is 17.9. The fraction of sp³-hybridized carbons (Fsp3) is 0.316. The van der Waals surface area contributed by atoms with Crippen molar-refractivity contribution in [2.45, 2.75) is 13.0 Å². The van der Waals surface area contributed by atoms with Gasteiger partial charge < -0.3 is 9.64 Å². The van der Waals surface area contributed by atoms with Gasteiger partial charge in [0.15, 0.2) is 0 Å². The standard InChI is InChI=1S/C19H18ClFN4O2/c1-11-10-25(5-6-27-11)17-8-14(13-4-3-12(20)7-16(13)21)15-9-22-24(2)19(26)18(15)23-17/h3-4,7-9,11H,5-6,10H2,1-2H3. The van der Waals surface area contributed by atoms with E-state index in [2.05, 4.69) is 10.1 Å². The van der Waals surface area contributed by atoms with Crippen LogP contribution in [0.1, 0.15) is 6.92 Å². The average Bonchev–Trinajstić information content (AvgIpc) is 2.64. The Labute approximate surface area is 160 Å². The molecular weight excluding hydrogens is 371 g/mol. The number of halogens is 2. The molecule has 27 heavy (non-hydrogen) atoms. The van der Waals surface area contributed by atoms with Gasteiger partial charge in [-0.25, -0.2) is 14.1 Å². The molecule has 140 valence electrons. The largest absolute Gasteiger partial charge is 0.375 e. The van der Waals surface area contributed by atoms with Gasteiger partial charge in [0.05, 0.1) is 18.9 Å². The molecule has 1 unspecified atom stereocenters. The van der Waals surface area contributed by atoms with Crippen molar-refractivity contribution in [1.29, 1.82) is 0 Å². The molecule has 2 aromatic heterocycles. The second-order valence-corrected chi connectivity index (χ2v) is 7.05. The second kappa shape index (κ2) is 6.90. The highest BCUT2D eigenvalue weighted by molar-refractivity contribution is 6.30. The molecule has 1 atom stereocenters. The van der Waals surface area contributed by atoms with E-state index in [9.17, 15) is 9.18 Å². The fourth-order valence-electron chi connectivity index (χ4n) is 3.30. The lowest BCUT2D eigenvalue weighted by atomic mass is 10.0. The van der Waals surface area contributed by atoms with Gasteiger partial charge in [0.1, 0.15) is 17.2 Å². The lowest BCUT2D eigenvalue weighted by molar-refractivity contribution is 0.0529. The molecule has 3 aromatic rings. The third-order valence-corrected chi connectivity index (χ3v) is 4.92. The van der Waals surface area contributed by atoms with E-state index in [0.29, 0.717) is 47.1 Å². The van der Waals surface area contributed by atoms with Crippen molar-refractivity contribution < 1.29 is 9.13 Å². The van der Waals surface area contributed by atoms with Gasteiger partial charge in [-0.15, -0.1) is 0 Å². The van der Waals surface area contributed by atoms with Gasteiger partial charge in [0.25, 0.3) is 5.56 Å². The number of ether oxygens (including phenoxy) is 1. The number of nitrogens with zero attached hydrogens (tertiary/aromatic N) is 4. The Bertz CT molecular complexity index is 1090. The number of benzene rings is 1. The Morgan fingerprint density at radius 2 is 2.11 bits per heavy atom. The summed E-state index contributed by atoms with van der Waals surface area (Å²) < 4.78 is 21.5. The number of anilines is 1. The second-order valence-electron chi connectivity index (χ2n) is 6.62. The number of rotatable bonds is 2. The number of hydrogen-bond acceptors (Lipinski definition) is 5. The predicted molar refractivity (Wildman–Crippen MR) is 103 cm³/mol. The molecule has 1 aromatic carbocycles. The molecule has 0 aliphatic carbocycles. The topological polar surface area (TPSA) is 60.2 Å². The summed E-state index contributed by atoms with van der Waals surface area (Å²) in [5.74, 6) is 0.155. The molecule has 0 radical (unpaired) electrons. The van der Waals surface area contributed by atoms with Gasteiger partial charge in [0, 0.05) is 36.1 Å². The maximum absolute atomic E-state index is 14.6. The van der Waals surface area contributed by atoms with Crippen molar-refractivity contribution in [3.63, 3.8) is 0 Å². The van der Waals surface area contributed by atoms with Gasteiger partial charge in [-0.1, -0.05) is 11.6 Å². The summed E-state index contributed by atoms with van der Waals surface area (Å²) in [6.07, 6.45) is 1.59. The molecule has 1 fully saturated rings. The van der Waals surface area contributed by atoms with Gasteiger partial charge >= 0.3 is 0 Å². The van der Waals surface area contributed by atoms with Crippen LogP contribution in [0.15, 0.2) is 35.3 Å². The van der Waals surface area contributed by atoms with Gasteiger partial charge in [0.2, 0.25) is 0 Å². The highest BCUT2D eigenvalue weighted by Gasteiger charge is 2.21. The van der Waals surface area contributed by atoms with Crippen LogP contribution in [-0.2, 0) is 11.8 Å². The number of hydrogen-bond donors (Lipinski definition) is 0. The molecule has 0 N–H and O–H groups in total. The molecule has 1 aliphatic heterocycles. The maximum Gasteiger partial charge on any atom is 0.293 e. The molecule has 0 spiro atoms. The molecule has 0 amide bonds. The summed E-state index contributed by atoms with van der Waals surface area (Å²) in [6, 6.07) is 6.29. The zero-order chi connectivity index (χ0) is 19.1. The zero-order valence-corrected chi connectivity index (χ0v) is 15.7. The Morgan fingerprint density at radius 1 is 1.30 bits per heavy atom. The monoisotopic (exact) mass is 388 g/mol. The SMILES string of the molecule is CC1CN(c2cc(-c3ccc(Cl)cc3F)c3cnn(C)c(=O)c3n2)CCO1.